The van der Waals surface area contributed by atoms with E-state index in [-0.39, 0.29) is 41.3 Å². The third kappa shape index (κ3) is 4.66. The van der Waals surface area contributed by atoms with Crippen molar-refractivity contribution in [2.24, 2.45) is 0 Å². The number of imidazole rings is 1. The Morgan fingerprint density at radius 1 is 1.14 bits per heavy atom. The minimum absolute atomic E-state index is 0.0441. The molecule has 2 amide bonds. The van der Waals surface area contributed by atoms with E-state index in [1.807, 2.05) is 12.1 Å². The van der Waals surface area contributed by atoms with Crippen molar-refractivity contribution in [2.75, 3.05) is 19.6 Å². The Hall–Kier alpha value is -4.81. The molecule has 4 heterocycles. The highest BCUT2D eigenvalue weighted by Gasteiger charge is 2.41. The van der Waals surface area contributed by atoms with E-state index in [1.54, 1.807) is 20.5 Å². The topological polar surface area (TPSA) is 117 Å². The second kappa shape index (κ2) is 10.4. The maximum Gasteiger partial charge on any atom is 0.573 e. The number of aromatic hydroxyl groups is 1. The molecule has 3 aliphatic rings. The van der Waals surface area contributed by atoms with Gasteiger partial charge in [-0.25, -0.2) is 9.67 Å². The van der Waals surface area contributed by atoms with Gasteiger partial charge in [-0.15, -0.1) is 13.2 Å². The first-order valence-corrected chi connectivity index (χ1v) is 14.5. The van der Waals surface area contributed by atoms with Gasteiger partial charge in [0.05, 0.1) is 29.3 Å². The summed E-state index contributed by atoms with van der Waals surface area (Å²) in [5.74, 6) is -0.643. The first kappa shape index (κ1) is 28.0. The van der Waals surface area contributed by atoms with Crippen molar-refractivity contribution in [1.29, 1.82) is 0 Å². The number of hydrogen-bond acceptors (Lipinski definition) is 6. The lowest BCUT2D eigenvalue weighted by atomic mass is 9.80. The fourth-order valence-electron chi connectivity index (χ4n) is 6.63. The molecule has 2 N–H and O–H groups in total. The summed E-state index contributed by atoms with van der Waals surface area (Å²) in [6, 6.07) is 7.48. The zero-order valence-corrected chi connectivity index (χ0v) is 23.6. The van der Waals surface area contributed by atoms with Gasteiger partial charge in [-0.2, -0.15) is 5.10 Å². The summed E-state index contributed by atoms with van der Waals surface area (Å²) < 4.78 is 44.9. The fourth-order valence-corrected chi connectivity index (χ4v) is 6.63. The van der Waals surface area contributed by atoms with Crippen molar-refractivity contribution >= 4 is 22.8 Å². The molecule has 0 radical (unpaired) electrons. The van der Waals surface area contributed by atoms with Crippen LogP contribution in [0.4, 0.5) is 13.2 Å². The molecular weight excluding hydrogens is 577 g/mol. The van der Waals surface area contributed by atoms with Crippen LogP contribution in [0.25, 0.3) is 16.7 Å². The molecule has 4 aromatic rings. The largest absolute Gasteiger partial charge is 0.573 e. The molecule has 0 bridgehead atoms. The van der Waals surface area contributed by atoms with E-state index in [0.717, 1.165) is 35.7 Å². The Labute approximate surface area is 249 Å². The van der Waals surface area contributed by atoms with Crippen LogP contribution in [-0.4, -0.2) is 72.5 Å². The van der Waals surface area contributed by atoms with E-state index in [0.29, 0.717) is 36.7 Å². The van der Waals surface area contributed by atoms with Crippen LogP contribution in [0.15, 0.2) is 49.3 Å². The summed E-state index contributed by atoms with van der Waals surface area (Å²) in [5.41, 5.74) is 4.10. The molecule has 2 aromatic heterocycles. The second-order valence-corrected chi connectivity index (χ2v) is 11.4. The molecule has 13 heteroatoms. The molecule has 228 valence electrons. The number of halogens is 3. The zero-order chi connectivity index (χ0) is 30.7. The Bertz CT molecular complexity index is 1810. The van der Waals surface area contributed by atoms with Gasteiger partial charge in [0.1, 0.15) is 22.5 Å². The zero-order valence-electron chi connectivity index (χ0n) is 23.6. The lowest BCUT2D eigenvalue weighted by Gasteiger charge is -2.38. The lowest BCUT2D eigenvalue weighted by Crippen LogP contribution is -2.45. The van der Waals surface area contributed by atoms with E-state index in [4.69, 9.17) is 5.10 Å². The fraction of sp³-hybridized carbons (Fsp3) is 0.355. The summed E-state index contributed by atoms with van der Waals surface area (Å²) >= 11 is 0. The molecule has 0 saturated heterocycles. The van der Waals surface area contributed by atoms with Gasteiger partial charge in [0, 0.05) is 38.0 Å². The smallest absolute Gasteiger partial charge is 0.506 e. The maximum absolute atomic E-state index is 14.2. The van der Waals surface area contributed by atoms with Crippen LogP contribution in [-0.2, 0) is 17.6 Å². The standard InChI is InChI=1S/C31H29F3N6O4/c1-2-26(42)38-12-10-20-27-22(40(37-20)21-8-6-18(14-24(21)41)17-4-3-5-17)11-13-39(23(27)15-38)30(43)19-7-9-25(44-31(32,33)34)29-28(19)35-16-36-29/h2,6-9,14,16-17,23,41H,1,3-5,10-13,15H2,(H,35,36). The van der Waals surface area contributed by atoms with E-state index in [1.165, 1.54) is 24.9 Å². The number of carbonyl (C=O) groups excluding carboxylic acids is 2. The minimum Gasteiger partial charge on any atom is -0.506 e. The number of ether oxygens (including phenoxy) is 1. The number of benzene rings is 2. The molecule has 1 aliphatic carbocycles. The number of nitrogens with one attached hydrogen (secondary N) is 1. The highest BCUT2D eigenvalue weighted by Crippen LogP contribution is 2.42. The van der Waals surface area contributed by atoms with Crippen LogP contribution in [0.1, 0.15) is 64.1 Å². The van der Waals surface area contributed by atoms with Crippen LogP contribution < -0.4 is 4.74 Å². The summed E-state index contributed by atoms with van der Waals surface area (Å²) in [6.07, 6.45) is 1.75. The van der Waals surface area contributed by atoms with E-state index >= 15 is 0 Å². The van der Waals surface area contributed by atoms with E-state index in [2.05, 4.69) is 21.3 Å². The Morgan fingerprint density at radius 3 is 2.66 bits per heavy atom. The lowest BCUT2D eigenvalue weighted by molar-refractivity contribution is -0.274. The van der Waals surface area contributed by atoms with Gasteiger partial charge >= 0.3 is 6.36 Å². The molecule has 2 aromatic carbocycles. The number of phenolic OH excluding ortho intramolecular Hbond substituents is 1. The summed E-state index contributed by atoms with van der Waals surface area (Å²) in [5, 5.41) is 16.0. The number of amides is 2. The van der Waals surface area contributed by atoms with Gasteiger partial charge in [0.25, 0.3) is 5.91 Å². The monoisotopic (exact) mass is 606 g/mol. The van der Waals surface area contributed by atoms with Crippen LogP contribution in [0.3, 0.4) is 0 Å². The Balaban J connectivity index is 1.29. The van der Waals surface area contributed by atoms with Gasteiger partial charge in [-0.1, -0.05) is 19.1 Å². The number of aromatic amines is 1. The van der Waals surface area contributed by atoms with Crippen molar-refractivity contribution in [2.45, 2.75) is 50.4 Å². The predicted octanol–water partition coefficient (Wildman–Crippen LogP) is 4.93. The molecule has 2 aliphatic heterocycles. The van der Waals surface area contributed by atoms with Gasteiger partial charge in [-0.3, -0.25) is 9.59 Å². The number of carbonyl (C=O) groups is 2. The molecule has 1 fully saturated rings. The Kier molecular flexibility index (Phi) is 6.63. The van der Waals surface area contributed by atoms with Crippen LogP contribution in [0, 0.1) is 0 Å². The number of aromatic nitrogens is 4. The molecule has 1 saturated carbocycles. The normalized spacial score (nSPS) is 18.5. The third-order valence-corrected chi connectivity index (χ3v) is 8.96. The molecule has 1 atom stereocenters. The first-order chi connectivity index (χ1) is 21.1. The van der Waals surface area contributed by atoms with Crippen molar-refractivity contribution < 1.29 is 32.6 Å². The van der Waals surface area contributed by atoms with Gasteiger partial charge < -0.3 is 24.6 Å². The van der Waals surface area contributed by atoms with Crippen LogP contribution in [0.2, 0.25) is 0 Å². The van der Waals surface area contributed by atoms with Crippen LogP contribution >= 0.6 is 0 Å². The minimum atomic E-state index is -4.92. The summed E-state index contributed by atoms with van der Waals surface area (Å²) in [7, 11) is 0. The van der Waals surface area contributed by atoms with Crippen molar-refractivity contribution in [3.05, 3.63) is 77.4 Å². The quantitative estimate of drug-likeness (QED) is 0.311. The van der Waals surface area contributed by atoms with Gasteiger partial charge in [-0.05, 0) is 54.7 Å². The summed E-state index contributed by atoms with van der Waals surface area (Å²) in [6.45, 7) is 4.39. The maximum atomic E-state index is 14.2. The number of phenols is 1. The number of nitrogens with zero attached hydrogens (tertiary/aromatic N) is 5. The average molecular weight is 607 g/mol. The van der Waals surface area contributed by atoms with E-state index in [9.17, 15) is 27.9 Å². The molecule has 44 heavy (non-hydrogen) atoms. The molecule has 1 unspecified atom stereocenters. The summed E-state index contributed by atoms with van der Waals surface area (Å²) in [4.78, 5) is 37.0. The first-order valence-electron chi connectivity index (χ1n) is 14.5. The third-order valence-electron chi connectivity index (χ3n) is 8.96. The average Bonchev–Trinajstić information content (AvgIpc) is 3.54. The van der Waals surface area contributed by atoms with Gasteiger partial charge in [0.2, 0.25) is 5.91 Å². The highest BCUT2D eigenvalue weighted by atomic mass is 19.4. The number of rotatable bonds is 5. The highest BCUT2D eigenvalue weighted by molar-refractivity contribution is 6.06. The number of alkyl halides is 3. The SMILES string of the molecule is C=CC(=O)N1CCc2nn(-c3ccc(C4CCC4)cc3O)c3c2C(C1)N(C(=O)c1ccc(OC(F)(F)F)c2[nH]cnc12)CC3. The van der Waals surface area contributed by atoms with Crippen molar-refractivity contribution in [1.82, 2.24) is 29.5 Å². The van der Waals surface area contributed by atoms with E-state index < -0.39 is 24.1 Å². The predicted molar refractivity (Wildman–Crippen MR) is 153 cm³/mol. The number of H-pyrrole nitrogens is 1. The second-order valence-electron chi connectivity index (χ2n) is 11.4. The number of hydrogen-bond donors (Lipinski definition) is 2. The van der Waals surface area contributed by atoms with Crippen molar-refractivity contribution in [3.8, 4) is 17.2 Å². The molecule has 10 nitrogen and oxygen atoms in total. The van der Waals surface area contributed by atoms with Gasteiger partial charge in [0.15, 0.2) is 5.75 Å². The van der Waals surface area contributed by atoms with Crippen molar-refractivity contribution in [3.63, 3.8) is 0 Å². The van der Waals surface area contributed by atoms with Crippen LogP contribution in [0.5, 0.6) is 11.5 Å². The molecule has 0 spiro atoms. The molecule has 7 rings (SSSR count). The molecular formula is C31H29F3N6O4. The Morgan fingerprint density at radius 2 is 1.95 bits per heavy atom. The number of fused-ring (bicyclic) bond motifs is 1.